The molecule has 0 aliphatic rings. The zero-order chi connectivity index (χ0) is 7.11. The second-order valence-electron chi connectivity index (χ2n) is 1.69. The van der Waals surface area contributed by atoms with Crippen molar-refractivity contribution in [3.8, 4) is 0 Å². The summed E-state index contributed by atoms with van der Waals surface area (Å²) in [6, 6.07) is 0. The maximum Gasteiger partial charge on any atom is 0.303 e. The first kappa shape index (κ1) is 8.21. The zero-order valence-corrected chi connectivity index (χ0v) is 5.34. The quantitative estimate of drug-likeness (QED) is 0.583. The monoisotopic (exact) mass is 127 g/mol. The lowest BCUT2D eigenvalue weighted by Crippen LogP contribution is -1.91. The molecule has 1 radical (unpaired) electrons. The summed E-state index contributed by atoms with van der Waals surface area (Å²) in [6.45, 7) is 3.57. The molecule has 0 saturated heterocycles. The maximum atomic E-state index is 9.91. The minimum Gasteiger partial charge on any atom is -0.481 e. The third-order valence-corrected chi connectivity index (χ3v) is 0.858. The average Bonchev–Trinajstić information content (AvgIpc) is 1.80. The van der Waals surface area contributed by atoms with E-state index in [2.05, 4.69) is 6.92 Å². The minimum absolute atomic E-state index is 0.219. The van der Waals surface area contributed by atoms with Gasteiger partial charge in [0.05, 0.1) is 0 Å². The number of carboxylic acids is 1. The fourth-order valence-corrected chi connectivity index (χ4v) is 0.443. The number of aliphatic carboxylic acids is 1. The van der Waals surface area contributed by atoms with Gasteiger partial charge < -0.3 is 5.11 Å². The van der Waals surface area contributed by atoms with E-state index in [0.29, 0.717) is 6.42 Å². The van der Waals surface area contributed by atoms with Gasteiger partial charge in [0.2, 0.25) is 0 Å². The second-order valence-corrected chi connectivity index (χ2v) is 1.69. The number of carbonyl (C=O) groups is 1. The second kappa shape index (κ2) is 5.35. The van der Waals surface area contributed by atoms with Crippen LogP contribution in [0.4, 0.5) is 0 Å². The van der Waals surface area contributed by atoms with Crippen LogP contribution in [0.3, 0.4) is 0 Å². The van der Waals surface area contributed by atoms with Gasteiger partial charge in [-0.3, -0.25) is 4.79 Å². The lowest BCUT2D eigenvalue weighted by Gasteiger charge is -1.84. The summed E-state index contributed by atoms with van der Waals surface area (Å²) in [7, 11) is 0. The van der Waals surface area contributed by atoms with E-state index >= 15 is 0 Å². The highest BCUT2D eigenvalue weighted by atomic mass is 16.4. The molecule has 0 bridgehead atoms. The van der Waals surface area contributed by atoms with E-state index in [9.17, 15) is 4.79 Å². The third-order valence-electron chi connectivity index (χ3n) is 0.858. The summed E-state index contributed by atoms with van der Waals surface area (Å²) in [4.78, 5) is 9.91. The molecule has 9 heavy (non-hydrogen) atoms. The largest absolute Gasteiger partial charge is 0.481 e. The first-order chi connectivity index (χ1) is 4.27. The Hall–Kier alpha value is -0.790. The predicted octanol–water partition coefficient (Wildman–Crippen LogP) is 1.63. The highest BCUT2D eigenvalue weighted by Gasteiger charge is 1.90. The predicted molar refractivity (Wildman–Crippen MR) is 36.0 cm³/mol. The van der Waals surface area contributed by atoms with E-state index in [4.69, 9.17) is 5.11 Å². The number of hydrogen-bond acceptors (Lipinski definition) is 1. The molecule has 1 N–H and O–H groups in total. The van der Waals surface area contributed by atoms with Crippen LogP contribution in [0.5, 0.6) is 0 Å². The van der Waals surface area contributed by atoms with Crippen LogP contribution in [0.2, 0.25) is 0 Å². The van der Waals surface area contributed by atoms with Gasteiger partial charge in [0.15, 0.2) is 0 Å². The van der Waals surface area contributed by atoms with Crippen molar-refractivity contribution in [3.63, 3.8) is 0 Å². The first-order valence-electron chi connectivity index (χ1n) is 2.93. The van der Waals surface area contributed by atoms with Gasteiger partial charge in [-0.15, -0.1) is 0 Å². The van der Waals surface area contributed by atoms with Crippen molar-refractivity contribution in [3.05, 3.63) is 19.1 Å². The lowest BCUT2D eigenvalue weighted by molar-refractivity contribution is -0.136. The van der Waals surface area contributed by atoms with Gasteiger partial charge in [0.1, 0.15) is 0 Å². The molecule has 0 saturated carbocycles. The van der Waals surface area contributed by atoms with Crippen molar-refractivity contribution in [2.75, 3.05) is 0 Å². The molecule has 0 aromatic heterocycles. The van der Waals surface area contributed by atoms with Gasteiger partial charge in [-0.2, -0.15) is 0 Å². The van der Waals surface area contributed by atoms with Crippen molar-refractivity contribution in [2.24, 2.45) is 0 Å². The summed E-state index contributed by atoms with van der Waals surface area (Å²) < 4.78 is 0. The highest BCUT2D eigenvalue weighted by Crippen LogP contribution is 1.91. The molecule has 0 aromatic rings. The first-order valence-corrected chi connectivity index (χ1v) is 2.93. The van der Waals surface area contributed by atoms with Crippen LogP contribution in [-0.2, 0) is 4.79 Å². The third kappa shape index (κ3) is 7.21. The number of hydrogen-bond donors (Lipinski definition) is 1. The van der Waals surface area contributed by atoms with Gasteiger partial charge in [0, 0.05) is 6.42 Å². The van der Waals surface area contributed by atoms with Crippen molar-refractivity contribution in [1.82, 2.24) is 0 Å². The zero-order valence-electron chi connectivity index (χ0n) is 5.34. The van der Waals surface area contributed by atoms with Crippen LogP contribution in [0, 0.1) is 6.92 Å². The fraction of sp³-hybridized carbons (Fsp3) is 0.429. The van der Waals surface area contributed by atoms with E-state index in [1.165, 1.54) is 0 Å². The van der Waals surface area contributed by atoms with Gasteiger partial charge in [-0.05, 0) is 19.8 Å². The summed E-state index contributed by atoms with van der Waals surface area (Å²) in [5, 5.41) is 8.16. The molecule has 0 fully saturated rings. The van der Waals surface area contributed by atoms with E-state index in [1.807, 2.05) is 12.2 Å². The van der Waals surface area contributed by atoms with E-state index in [0.717, 1.165) is 6.42 Å². The van der Waals surface area contributed by atoms with Crippen molar-refractivity contribution in [1.29, 1.82) is 0 Å². The molecule has 0 aliphatic heterocycles. The van der Waals surface area contributed by atoms with Crippen molar-refractivity contribution >= 4 is 5.97 Å². The summed E-state index contributed by atoms with van der Waals surface area (Å²) in [6.07, 6.45) is 5.27. The van der Waals surface area contributed by atoms with Gasteiger partial charge >= 0.3 is 5.97 Å². The van der Waals surface area contributed by atoms with Gasteiger partial charge in [-0.25, -0.2) is 0 Å². The topological polar surface area (TPSA) is 37.3 Å². The molecule has 0 aromatic carbocycles. The Bertz CT molecular complexity index is 105. The standard InChI is InChI=1S/C7H11O2/c1-2-3-4-5-6-7(8)9/h3-4H,1-2,5-6H2,(H,8,9). The molecule has 0 amide bonds. The normalized spacial score (nSPS) is 10.3. The van der Waals surface area contributed by atoms with Crippen molar-refractivity contribution < 1.29 is 9.90 Å². The number of rotatable bonds is 4. The minimum atomic E-state index is -0.747. The molecule has 0 heterocycles. The van der Waals surface area contributed by atoms with E-state index < -0.39 is 5.97 Å². The lowest BCUT2D eigenvalue weighted by atomic mass is 10.3. The fourth-order valence-electron chi connectivity index (χ4n) is 0.443. The highest BCUT2D eigenvalue weighted by molar-refractivity contribution is 5.66. The molecule has 0 atom stereocenters. The van der Waals surface area contributed by atoms with Crippen LogP contribution in [0.25, 0.3) is 0 Å². The van der Waals surface area contributed by atoms with Crippen LogP contribution < -0.4 is 0 Å². The Kier molecular flexibility index (Phi) is 4.88. The Labute approximate surface area is 55.2 Å². The number of carboxylic acid groups (broad SMARTS) is 1. The molecule has 0 rings (SSSR count). The van der Waals surface area contributed by atoms with Gasteiger partial charge in [0.25, 0.3) is 0 Å². The maximum absolute atomic E-state index is 9.91. The molecule has 0 aliphatic carbocycles. The van der Waals surface area contributed by atoms with Crippen LogP contribution in [-0.4, -0.2) is 11.1 Å². The van der Waals surface area contributed by atoms with Crippen LogP contribution in [0.15, 0.2) is 12.2 Å². The van der Waals surface area contributed by atoms with Gasteiger partial charge in [-0.1, -0.05) is 12.2 Å². The molecule has 0 unspecified atom stereocenters. The van der Waals surface area contributed by atoms with Crippen LogP contribution in [0.1, 0.15) is 19.3 Å². The smallest absolute Gasteiger partial charge is 0.303 e. The Morgan fingerprint density at radius 1 is 1.56 bits per heavy atom. The average molecular weight is 127 g/mol. The molecular formula is C7H11O2. The molecule has 2 nitrogen and oxygen atoms in total. The SMILES string of the molecule is [CH2]CC=CCCC(=O)O. The molecule has 2 heteroatoms. The molecule has 51 valence electrons. The summed E-state index contributed by atoms with van der Waals surface area (Å²) in [5.74, 6) is -0.747. The Balaban J connectivity index is 3.09. The summed E-state index contributed by atoms with van der Waals surface area (Å²) in [5.41, 5.74) is 0. The molecular weight excluding hydrogens is 116 g/mol. The Morgan fingerprint density at radius 3 is 2.67 bits per heavy atom. The number of allylic oxidation sites excluding steroid dienone is 2. The summed E-state index contributed by atoms with van der Waals surface area (Å²) >= 11 is 0. The van der Waals surface area contributed by atoms with E-state index in [-0.39, 0.29) is 6.42 Å². The Morgan fingerprint density at radius 2 is 2.22 bits per heavy atom. The molecule has 0 spiro atoms. The van der Waals surface area contributed by atoms with Crippen molar-refractivity contribution in [2.45, 2.75) is 19.3 Å². The van der Waals surface area contributed by atoms with E-state index in [1.54, 1.807) is 0 Å². The van der Waals surface area contributed by atoms with Crippen LogP contribution >= 0.6 is 0 Å².